The first-order valence-electron chi connectivity index (χ1n) is 9.67. The van der Waals surface area contributed by atoms with Crippen molar-refractivity contribution in [2.24, 2.45) is 0 Å². The van der Waals surface area contributed by atoms with Crippen LogP contribution in [0.5, 0.6) is 5.75 Å². The number of fused-ring (bicyclic) bond motifs is 1. The van der Waals surface area contributed by atoms with Gasteiger partial charge >= 0.3 is 0 Å². The van der Waals surface area contributed by atoms with Crippen LogP contribution >= 0.6 is 12.4 Å². The first kappa shape index (κ1) is 20.4. The number of anilines is 1. The molecule has 1 atom stereocenters. The van der Waals surface area contributed by atoms with Crippen LogP contribution in [0, 0.1) is 6.92 Å². The summed E-state index contributed by atoms with van der Waals surface area (Å²) in [5, 5.41) is 1.17. The van der Waals surface area contributed by atoms with E-state index in [4.69, 9.17) is 14.5 Å². The average Bonchev–Trinajstić information content (AvgIpc) is 3.15. The molecule has 0 spiro atoms. The van der Waals surface area contributed by atoms with Gasteiger partial charge in [0.05, 0.1) is 11.6 Å². The fourth-order valence-electron chi connectivity index (χ4n) is 3.73. The summed E-state index contributed by atoms with van der Waals surface area (Å²) in [5.74, 6) is 0.851. The zero-order valence-corrected chi connectivity index (χ0v) is 17.2. The molecular weight excluding hydrogens is 372 g/mol. The molecule has 0 aliphatic carbocycles. The highest BCUT2D eigenvalue weighted by Crippen LogP contribution is 2.32. The Labute approximate surface area is 172 Å². The summed E-state index contributed by atoms with van der Waals surface area (Å²) in [5.41, 5.74) is 4.41. The minimum Gasteiger partial charge on any atom is -0.489 e. The van der Waals surface area contributed by atoms with Gasteiger partial charge in [-0.25, -0.2) is 0 Å². The third-order valence-electron chi connectivity index (χ3n) is 5.02. The fourth-order valence-corrected chi connectivity index (χ4v) is 3.73. The predicted octanol–water partition coefficient (Wildman–Crippen LogP) is 5.16. The van der Waals surface area contributed by atoms with Gasteiger partial charge in [0.25, 0.3) is 0 Å². The van der Waals surface area contributed by atoms with Crippen molar-refractivity contribution >= 4 is 29.0 Å². The first-order valence-corrected chi connectivity index (χ1v) is 9.67. The van der Waals surface area contributed by atoms with Gasteiger partial charge in [-0.1, -0.05) is 30.3 Å². The third-order valence-corrected chi connectivity index (χ3v) is 5.02. The molecule has 4 nitrogen and oxygen atoms in total. The molecule has 2 aromatic carbocycles. The molecule has 1 aliphatic heterocycles. The van der Waals surface area contributed by atoms with Crippen LogP contribution in [-0.2, 0) is 11.3 Å². The van der Waals surface area contributed by atoms with Gasteiger partial charge in [0.15, 0.2) is 0 Å². The Morgan fingerprint density at radius 2 is 1.93 bits per heavy atom. The molecule has 148 valence electrons. The smallest absolute Gasteiger partial charge is 0.122 e. The normalized spacial score (nSPS) is 16.2. The number of aromatic nitrogens is 1. The number of hydrogen-bond acceptors (Lipinski definition) is 4. The molecule has 4 rings (SSSR count). The SMILES string of the molecule is CCOC1CCN(c2cc(C)nc3cc(OCc4ccccc4)ccc23)C1.Cl. The van der Waals surface area contributed by atoms with E-state index in [-0.39, 0.29) is 12.4 Å². The third kappa shape index (κ3) is 4.57. The standard InChI is InChI=1S/C23H26N2O2.ClH/c1-3-26-20-11-12-25(15-20)23-13-17(2)24-22-14-19(9-10-21(22)23)27-16-18-7-5-4-6-8-18;/h4-10,13-14,20H,3,11-12,15-16H2,1-2H3;1H. The lowest BCUT2D eigenvalue weighted by Crippen LogP contribution is -2.23. The number of aryl methyl sites for hydroxylation is 1. The Morgan fingerprint density at radius 1 is 1.11 bits per heavy atom. The molecule has 28 heavy (non-hydrogen) atoms. The molecule has 0 saturated carbocycles. The average molecular weight is 399 g/mol. The number of halogens is 1. The van der Waals surface area contributed by atoms with E-state index in [9.17, 15) is 0 Å². The number of hydrogen-bond donors (Lipinski definition) is 0. The molecular formula is C23H27ClN2O2. The maximum atomic E-state index is 5.98. The van der Waals surface area contributed by atoms with Crippen LogP contribution in [0.15, 0.2) is 54.6 Å². The fraction of sp³-hybridized carbons (Fsp3) is 0.348. The maximum absolute atomic E-state index is 5.98. The minimum absolute atomic E-state index is 0. The summed E-state index contributed by atoms with van der Waals surface area (Å²) in [6.45, 7) is 7.42. The van der Waals surface area contributed by atoms with Crippen LogP contribution in [0.4, 0.5) is 5.69 Å². The van der Waals surface area contributed by atoms with Crippen molar-refractivity contribution < 1.29 is 9.47 Å². The van der Waals surface area contributed by atoms with Crippen LogP contribution in [0.1, 0.15) is 24.6 Å². The second-order valence-corrected chi connectivity index (χ2v) is 7.05. The summed E-state index contributed by atoms with van der Waals surface area (Å²) < 4.78 is 11.8. The van der Waals surface area contributed by atoms with Crippen molar-refractivity contribution in [1.82, 2.24) is 4.98 Å². The van der Waals surface area contributed by atoms with E-state index in [1.165, 1.54) is 11.1 Å². The Morgan fingerprint density at radius 3 is 2.71 bits per heavy atom. The highest BCUT2D eigenvalue weighted by atomic mass is 35.5. The number of ether oxygens (including phenoxy) is 2. The van der Waals surface area contributed by atoms with Crippen molar-refractivity contribution in [3.8, 4) is 5.75 Å². The van der Waals surface area contributed by atoms with Crippen LogP contribution in [-0.4, -0.2) is 30.8 Å². The van der Waals surface area contributed by atoms with Gasteiger partial charge < -0.3 is 14.4 Å². The van der Waals surface area contributed by atoms with E-state index in [0.29, 0.717) is 12.7 Å². The van der Waals surface area contributed by atoms with Gasteiger partial charge in [-0.05, 0) is 44.0 Å². The lowest BCUT2D eigenvalue weighted by Gasteiger charge is -2.21. The van der Waals surface area contributed by atoms with Gasteiger partial charge in [0.1, 0.15) is 12.4 Å². The molecule has 1 saturated heterocycles. The molecule has 2 heterocycles. The summed E-state index contributed by atoms with van der Waals surface area (Å²) >= 11 is 0. The number of rotatable bonds is 6. The van der Waals surface area contributed by atoms with Gasteiger partial charge in [0.2, 0.25) is 0 Å². The second-order valence-electron chi connectivity index (χ2n) is 7.05. The van der Waals surface area contributed by atoms with E-state index in [2.05, 4.69) is 43.0 Å². The summed E-state index contributed by atoms with van der Waals surface area (Å²) in [6.07, 6.45) is 1.40. The highest BCUT2D eigenvalue weighted by molar-refractivity contribution is 5.93. The van der Waals surface area contributed by atoms with Crippen LogP contribution in [0.3, 0.4) is 0 Å². The molecule has 1 unspecified atom stereocenters. The van der Waals surface area contributed by atoms with Gasteiger partial charge in [-0.3, -0.25) is 4.98 Å². The monoisotopic (exact) mass is 398 g/mol. The molecule has 3 aromatic rings. The lowest BCUT2D eigenvalue weighted by molar-refractivity contribution is 0.0788. The minimum atomic E-state index is 0. The van der Waals surface area contributed by atoms with Crippen LogP contribution < -0.4 is 9.64 Å². The molecule has 0 radical (unpaired) electrons. The van der Waals surface area contributed by atoms with Gasteiger partial charge in [-0.15, -0.1) is 12.4 Å². The van der Waals surface area contributed by atoms with E-state index in [1.54, 1.807) is 0 Å². The van der Waals surface area contributed by atoms with Crippen molar-refractivity contribution in [1.29, 1.82) is 0 Å². The van der Waals surface area contributed by atoms with Crippen molar-refractivity contribution in [3.05, 3.63) is 65.9 Å². The zero-order valence-electron chi connectivity index (χ0n) is 16.4. The first-order chi connectivity index (χ1) is 13.2. The van der Waals surface area contributed by atoms with Crippen LogP contribution in [0.2, 0.25) is 0 Å². The Balaban J connectivity index is 0.00000225. The molecule has 0 N–H and O–H groups in total. The van der Waals surface area contributed by atoms with Crippen molar-refractivity contribution in [2.45, 2.75) is 33.0 Å². The van der Waals surface area contributed by atoms with Crippen molar-refractivity contribution in [2.75, 3.05) is 24.6 Å². The van der Waals surface area contributed by atoms with Crippen LogP contribution in [0.25, 0.3) is 10.9 Å². The quantitative estimate of drug-likeness (QED) is 0.574. The molecule has 0 amide bonds. The topological polar surface area (TPSA) is 34.6 Å². The Kier molecular flexibility index (Phi) is 6.76. The Bertz CT molecular complexity index is 917. The number of benzene rings is 2. The Hall–Kier alpha value is -2.30. The number of pyridine rings is 1. The van der Waals surface area contributed by atoms with E-state index < -0.39 is 0 Å². The number of nitrogens with zero attached hydrogens (tertiary/aromatic N) is 2. The zero-order chi connectivity index (χ0) is 18.6. The summed E-state index contributed by atoms with van der Waals surface area (Å²) in [7, 11) is 0. The summed E-state index contributed by atoms with van der Waals surface area (Å²) in [6, 6.07) is 18.6. The van der Waals surface area contributed by atoms with E-state index in [1.807, 2.05) is 30.3 Å². The molecule has 1 aromatic heterocycles. The lowest BCUT2D eigenvalue weighted by atomic mass is 10.1. The highest BCUT2D eigenvalue weighted by Gasteiger charge is 2.24. The van der Waals surface area contributed by atoms with Gasteiger partial charge in [-0.2, -0.15) is 0 Å². The maximum Gasteiger partial charge on any atom is 0.122 e. The second kappa shape index (κ2) is 9.26. The summed E-state index contributed by atoms with van der Waals surface area (Å²) in [4.78, 5) is 7.16. The van der Waals surface area contributed by atoms with Gasteiger partial charge in [0, 0.05) is 42.5 Å². The van der Waals surface area contributed by atoms with E-state index >= 15 is 0 Å². The molecule has 0 bridgehead atoms. The molecule has 1 aliphatic rings. The predicted molar refractivity (Wildman–Crippen MR) is 117 cm³/mol. The van der Waals surface area contributed by atoms with Crippen molar-refractivity contribution in [3.63, 3.8) is 0 Å². The molecule has 5 heteroatoms. The molecule has 1 fully saturated rings. The largest absolute Gasteiger partial charge is 0.489 e. The van der Waals surface area contributed by atoms with E-state index in [0.717, 1.165) is 48.6 Å².